The number of rotatable bonds is 6. The number of aromatic nitrogens is 5. The largest absolute Gasteiger partial charge is 0.495 e. The summed E-state index contributed by atoms with van der Waals surface area (Å²) in [7, 11) is 1.52. The van der Waals surface area contributed by atoms with Crippen LogP contribution in [-0.4, -0.2) is 37.3 Å². The van der Waals surface area contributed by atoms with Crippen LogP contribution in [0.3, 0.4) is 0 Å². The van der Waals surface area contributed by atoms with Crippen LogP contribution < -0.4 is 15.7 Å². The second-order valence-electron chi connectivity index (χ2n) is 7.74. The smallest absolute Gasteiger partial charge is 0.350 e. The molecule has 0 aliphatic heterocycles. The maximum Gasteiger partial charge on any atom is 0.350 e. The van der Waals surface area contributed by atoms with Crippen LogP contribution in [-0.2, 0) is 11.3 Å². The Kier molecular flexibility index (Phi) is 5.79. The maximum atomic E-state index is 12.9. The number of pyridine rings is 1. The van der Waals surface area contributed by atoms with E-state index in [9.17, 15) is 9.59 Å². The molecule has 0 unspecified atom stereocenters. The molecule has 1 N–H and O–H groups in total. The Bertz CT molecular complexity index is 1620. The van der Waals surface area contributed by atoms with E-state index in [0.717, 1.165) is 10.2 Å². The van der Waals surface area contributed by atoms with Crippen LogP contribution in [0, 0.1) is 6.92 Å². The first-order valence-electron chi connectivity index (χ1n) is 10.6. The molecule has 10 nitrogen and oxygen atoms in total. The number of fused-ring (bicyclic) bond motifs is 1. The van der Waals surface area contributed by atoms with Gasteiger partial charge in [-0.3, -0.25) is 4.79 Å². The number of ether oxygens (including phenoxy) is 1. The number of nitrogens with one attached hydrogen (secondary N) is 1. The van der Waals surface area contributed by atoms with Crippen LogP contribution in [0.1, 0.15) is 5.56 Å². The molecule has 35 heavy (non-hydrogen) atoms. The molecule has 3 heterocycles. The molecule has 0 spiro atoms. The summed E-state index contributed by atoms with van der Waals surface area (Å²) >= 11 is 6.06. The van der Waals surface area contributed by atoms with Crippen molar-refractivity contribution in [2.24, 2.45) is 0 Å². The predicted octanol–water partition coefficient (Wildman–Crippen LogP) is 3.82. The molecule has 0 aliphatic carbocycles. The number of carbonyl (C=O) groups is 1. The molecule has 0 radical (unpaired) electrons. The quantitative estimate of drug-likeness (QED) is 0.384. The first-order valence-corrected chi connectivity index (χ1v) is 10.9. The number of anilines is 1. The Balaban J connectivity index is 1.45. The normalized spacial score (nSPS) is 11.1. The lowest BCUT2D eigenvalue weighted by Gasteiger charge is -2.10. The van der Waals surface area contributed by atoms with Crippen LogP contribution in [0.2, 0.25) is 5.02 Å². The van der Waals surface area contributed by atoms with E-state index < -0.39 is 11.6 Å². The van der Waals surface area contributed by atoms with Gasteiger partial charge in [-0.2, -0.15) is 4.98 Å². The van der Waals surface area contributed by atoms with Crippen LogP contribution in [0.25, 0.3) is 28.5 Å². The summed E-state index contributed by atoms with van der Waals surface area (Å²) in [5.74, 6) is 0.608. The molecule has 1 amide bonds. The first-order chi connectivity index (χ1) is 16.9. The molecule has 176 valence electrons. The van der Waals surface area contributed by atoms with E-state index in [1.165, 1.54) is 11.5 Å². The second kappa shape index (κ2) is 9.07. The summed E-state index contributed by atoms with van der Waals surface area (Å²) in [4.78, 5) is 30.1. The van der Waals surface area contributed by atoms with E-state index in [4.69, 9.17) is 20.9 Å². The summed E-state index contributed by atoms with van der Waals surface area (Å²) in [5, 5.41) is 11.7. The summed E-state index contributed by atoms with van der Waals surface area (Å²) < 4.78 is 13.1. The van der Waals surface area contributed by atoms with Gasteiger partial charge in [0.2, 0.25) is 11.7 Å². The van der Waals surface area contributed by atoms with E-state index in [0.29, 0.717) is 33.4 Å². The number of halogens is 1. The third-order valence-electron chi connectivity index (χ3n) is 5.27. The molecular formula is C24H19ClN6O4. The Morgan fingerprint density at radius 3 is 2.83 bits per heavy atom. The van der Waals surface area contributed by atoms with Crippen LogP contribution >= 0.6 is 11.6 Å². The predicted molar refractivity (Wildman–Crippen MR) is 130 cm³/mol. The third kappa shape index (κ3) is 4.38. The number of hydrogen-bond acceptors (Lipinski definition) is 7. The van der Waals surface area contributed by atoms with Crippen LogP contribution in [0.4, 0.5) is 5.69 Å². The fourth-order valence-corrected chi connectivity index (χ4v) is 3.82. The minimum Gasteiger partial charge on any atom is -0.495 e. The van der Waals surface area contributed by atoms with Crippen molar-refractivity contribution in [1.82, 2.24) is 24.3 Å². The summed E-state index contributed by atoms with van der Waals surface area (Å²) in [6.45, 7) is 1.60. The molecule has 3 aromatic heterocycles. The Morgan fingerprint density at radius 1 is 1.17 bits per heavy atom. The number of hydrogen-bond donors (Lipinski definition) is 1. The van der Waals surface area contributed by atoms with Crippen molar-refractivity contribution < 1.29 is 14.1 Å². The molecule has 2 aromatic carbocycles. The van der Waals surface area contributed by atoms with E-state index >= 15 is 0 Å². The summed E-state index contributed by atoms with van der Waals surface area (Å²) in [6.07, 6.45) is 1.56. The molecule has 11 heteroatoms. The Hall–Kier alpha value is -4.44. The van der Waals surface area contributed by atoms with Crippen LogP contribution in [0.5, 0.6) is 5.75 Å². The van der Waals surface area contributed by atoms with Gasteiger partial charge < -0.3 is 14.6 Å². The van der Waals surface area contributed by atoms with Gasteiger partial charge in [-0.25, -0.2) is 13.9 Å². The highest BCUT2D eigenvalue weighted by Crippen LogP contribution is 2.27. The van der Waals surface area contributed by atoms with Gasteiger partial charge >= 0.3 is 5.69 Å². The van der Waals surface area contributed by atoms with E-state index in [1.807, 2.05) is 19.1 Å². The summed E-state index contributed by atoms with van der Waals surface area (Å²) in [6, 6.07) is 15.8. The van der Waals surface area contributed by atoms with E-state index in [-0.39, 0.29) is 18.1 Å². The zero-order valence-corrected chi connectivity index (χ0v) is 19.5. The number of carbonyl (C=O) groups excluding carboxylic acids is 1. The number of amides is 1. The Labute approximate surface area is 203 Å². The van der Waals surface area contributed by atoms with Crippen molar-refractivity contribution in [2.75, 3.05) is 12.4 Å². The average molecular weight is 491 g/mol. The van der Waals surface area contributed by atoms with E-state index in [1.54, 1.807) is 48.7 Å². The molecule has 0 saturated heterocycles. The lowest BCUT2D eigenvalue weighted by atomic mass is 10.2. The first kappa shape index (κ1) is 22.4. The van der Waals surface area contributed by atoms with Crippen LogP contribution in [0.15, 0.2) is 70.1 Å². The van der Waals surface area contributed by atoms with Gasteiger partial charge in [0.05, 0.1) is 18.4 Å². The zero-order valence-electron chi connectivity index (χ0n) is 18.7. The second-order valence-corrected chi connectivity index (χ2v) is 8.18. The molecular weight excluding hydrogens is 472 g/mol. The molecule has 0 saturated carbocycles. The monoisotopic (exact) mass is 490 g/mol. The van der Waals surface area contributed by atoms with Gasteiger partial charge in [-0.05, 0) is 48.9 Å². The number of nitrogens with zero attached hydrogens (tertiary/aromatic N) is 5. The van der Waals surface area contributed by atoms with Crippen molar-refractivity contribution in [3.05, 3.63) is 81.9 Å². The fraction of sp³-hybridized carbons (Fsp3) is 0.125. The van der Waals surface area contributed by atoms with Gasteiger partial charge in [0, 0.05) is 16.8 Å². The molecule has 0 bridgehead atoms. The Morgan fingerprint density at radius 2 is 2.03 bits per heavy atom. The number of aryl methyl sites for hydroxylation is 1. The molecule has 0 atom stereocenters. The average Bonchev–Trinajstić information content (AvgIpc) is 3.45. The van der Waals surface area contributed by atoms with Crippen molar-refractivity contribution >= 4 is 28.8 Å². The number of benzene rings is 2. The molecule has 0 aliphatic rings. The van der Waals surface area contributed by atoms with Gasteiger partial charge in [0.25, 0.3) is 5.89 Å². The summed E-state index contributed by atoms with van der Waals surface area (Å²) in [5.41, 5.74) is 2.39. The fourth-order valence-electron chi connectivity index (χ4n) is 3.63. The molecule has 5 aromatic rings. The topological polar surface area (TPSA) is 117 Å². The maximum absolute atomic E-state index is 12.9. The van der Waals surface area contributed by atoms with Crippen molar-refractivity contribution in [3.8, 4) is 28.6 Å². The number of methoxy groups -OCH3 is 1. The highest BCUT2D eigenvalue weighted by molar-refractivity contribution is 6.30. The third-order valence-corrected chi connectivity index (χ3v) is 5.51. The zero-order chi connectivity index (χ0) is 24.5. The lowest BCUT2D eigenvalue weighted by molar-refractivity contribution is -0.117. The van der Waals surface area contributed by atoms with Gasteiger partial charge in [-0.1, -0.05) is 35.0 Å². The van der Waals surface area contributed by atoms with Crippen molar-refractivity contribution in [3.63, 3.8) is 0 Å². The SMILES string of the molecule is COc1ccc(C)cc1NC(=O)Cn1nc2c(-c3nc(-c4cccc(Cl)c4)no3)cccn2c1=O. The van der Waals surface area contributed by atoms with Gasteiger partial charge in [0.1, 0.15) is 12.3 Å². The highest BCUT2D eigenvalue weighted by Gasteiger charge is 2.19. The lowest BCUT2D eigenvalue weighted by Crippen LogP contribution is -2.28. The van der Waals surface area contributed by atoms with Crippen molar-refractivity contribution in [2.45, 2.75) is 13.5 Å². The molecule has 5 rings (SSSR count). The molecule has 0 fully saturated rings. The minimum absolute atomic E-state index is 0.177. The van der Waals surface area contributed by atoms with Gasteiger partial charge in [-0.15, -0.1) is 5.10 Å². The van der Waals surface area contributed by atoms with E-state index in [2.05, 4.69) is 20.6 Å². The van der Waals surface area contributed by atoms with Crippen molar-refractivity contribution in [1.29, 1.82) is 0 Å². The van der Waals surface area contributed by atoms with Gasteiger partial charge in [0.15, 0.2) is 5.65 Å². The highest BCUT2D eigenvalue weighted by atomic mass is 35.5. The standard InChI is InChI=1S/C24H19ClN6O4/c1-14-8-9-19(34-2)18(11-14)26-20(32)13-31-24(33)30-10-4-7-17(22(30)28-31)23-27-21(29-35-23)15-5-3-6-16(25)12-15/h3-12H,13H2,1-2H3,(H,26,32). The minimum atomic E-state index is -0.484.